The Morgan fingerprint density at radius 3 is 2.85 bits per heavy atom. The van der Waals surface area contributed by atoms with Crippen LogP contribution in [0.3, 0.4) is 0 Å². The molecular weight excluding hydrogens is 367 g/mol. The molecule has 0 radical (unpaired) electrons. The van der Waals surface area contributed by atoms with Crippen LogP contribution >= 0.6 is 22.6 Å². The van der Waals surface area contributed by atoms with Gasteiger partial charge in [0.25, 0.3) is 5.56 Å². The second-order valence-electron chi connectivity index (χ2n) is 5.25. The van der Waals surface area contributed by atoms with E-state index >= 15 is 0 Å². The minimum absolute atomic E-state index is 0.0795. The zero-order valence-electron chi connectivity index (χ0n) is 11.2. The lowest BCUT2D eigenvalue weighted by molar-refractivity contribution is 0.327. The van der Waals surface area contributed by atoms with Crippen molar-refractivity contribution in [1.29, 1.82) is 0 Å². The Labute approximate surface area is 131 Å². The highest BCUT2D eigenvalue weighted by Crippen LogP contribution is 2.27. The molecule has 1 aliphatic rings. The van der Waals surface area contributed by atoms with Crippen molar-refractivity contribution in [3.63, 3.8) is 0 Å². The van der Waals surface area contributed by atoms with E-state index in [-0.39, 0.29) is 5.56 Å². The monoisotopic (exact) mass is 384 g/mol. The number of aromatic nitrogens is 4. The van der Waals surface area contributed by atoms with E-state index in [2.05, 4.69) is 37.5 Å². The fraction of sp³-hybridized carbons (Fsp3) is 0.500. The molecular formula is C14H17IN4O. The first-order valence-corrected chi connectivity index (χ1v) is 8.07. The predicted molar refractivity (Wildman–Crippen MR) is 84.7 cm³/mol. The SMILES string of the molecule is O=c1cc(I)cnn1Cc1ccn(C2CCCCC2)n1. The van der Waals surface area contributed by atoms with E-state index in [9.17, 15) is 4.79 Å². The van der Waals surface area contributed by atoms with Crippen LogP contribution in [0.25, 0.3) is 0 Å². The fourth-order valence-electron chi connectivity index (χ4n) is 2.69. The maximum absolute atomic E-state index is 11.8. The molecule has 1 aliphatic carbocycles. The molecule has 20 heavy (non-hydrogen) atoms. The van der Waals surface area contributed by atoms with Crippen LogP contribution in [0.5, 0.6) is 0 Å². The van der Waals surface area contributed by atoms with Crippen LogP contribution in [-0.2, 0) is 6.54 Å². The number of rotatable bonds is 3. The molecule has 0 N–H and O–H groups in total. The van der Waals surface area contributed by atoms with E-state index in [1.54, 1.807) is 12.3 Å². The van der Waals surface area contributed by atoms with Crippen LogP contribution in [-0.4, -0.2) is 19.6 Å². The van der Waals surface area contributed by atoms with E-state index in [0.717, 1.165) is 9.26 Å². The van der Waals surface area contributed by atoms with Gasteiger partial charge in [-0.1, -0.05) is 19.3 Å². The van der Waals surface area contributed by atoms with Gasteiger partial charge in [-0.15, -0.1) is 0 Å². The molecule has 0 amide bonds. The molecule has 0 spiro atoms. The van der Waals surface area contributed by atoms with Crippen molar-refractivity contribution in [2.45, 2.75) is 44.7 Å². The lowest BCUT2D eigenvalue weighted by atomic mass is 9.96. The summed E-state index contributed by atoms with van der Waals surface area (Å²) in [4.78, 5) is 11.8. The van der Waals surface area contributed by atoms with Gasteiger partial charge in [0, 0.05) is 15.8 Å². The molecule has 1 saturated carbocycles. The third kappa shape index (κ3) is 3.11. The Morgan fingerprint density at radius 2 is 2.10 bits per heavy atom. The topological polar surface area (TPSA) is 52.7 Å². The average Bonchev–Trinajstić information content (AvgIpc) is 2.92. The fourth-order valence-corrected chi connectivity index (χ4v) is 3.09. The van der Waals surface area contributed by atoms with Crippen LogP contribution in [0, 0.1) is 3.57 Å². The van der Waals surface area contributed by atoms with Gasteiger partial charge in [-0.2, -0.15) is 10.2 Å². The average molecular weight is 384 g/mol. The summed E-state index contributed by atoms with van der Waals surface area (Å²) in [6.45, 7) is 0.440. The first-order valence-electron chi connectivity index (χ1n) is 6.99. The number of halogens is 1. The van der Waals surface area contributed by atoms with Gasteiger partial charge in [-0.25, -0.2) is 4.68 Å². The smallest absolute Gasteiger partial charge is 0.268 e. The summed E-state index contributed by atoms with van der Waals surface area (Å²) < 4.78 is 4.37. The molecule has 0 aliphatic heterocycles. The Kier molecular flexibility index (Phi) is 4.18. The number of nitrogens with zero attached hydrogens (tertiary/aromatic N) is 4. The maximum atomic E-state index is 11.8. The van der Waals surface area contributed by atoms with E-state index < -0.39 is 0 Å². The van der Waals surface area contributed by atoms with Gasteiger partial charge in [0.2, 0.25) is 0 Å². The molecule has 5 nitrogen and oxygen atoms in total. The molecule has 106 valence electrons. The van der Waals surface area contributed by atoms with Gasteiger partial charge >= 0.3 is 0 Å². The zero-order valence-corrected chi connectivity index (χ0v) is 13.4. The van der Waals surface area contributed by atoms with Gasteiger partial charge in [0.15, 0.2) is 0 Å². The van der Waals surface area contributed by atoms with Crippen molar-refractivity contribution < 1.29 is 0 Å². The van der Waals surface area contributed by atoms with Crippen molar-refractivity contribution >= 4 is 22.6 Å². The van der Waals surface area contributed by atoms with Gasteiger partial charge in [-0.05, 0) is 41.5 Å². The van der Waals surface area contributed by atoms with Gasteiger partial charge in [0.05, 0.1) is 24.5 Å². The summed E-state index contributed by atoms with van der Waals surface area (Å²) in [6, 6.07) is 4.10. The summed E-state index contributed by atoms with van der Waals surface area (Å²) >= 11 is 2.09. The van der Waals surface area contributed by atoms with E-state index in [1.165, 1.54) is 36.8 Å². The van der Waals surface area contributed by atoms with Gasteiger partial charge in [0.1, 0.15) is 0 Å². The summed E-state index contributed by atoms with van der Waals surface area (Å²) in [5, 5.41) is 8.75. The second-order valence-corrected chi connectivity index (χ2v) is 6.49. The van der Waals surface area contributed by atoms with Crippen LogP contribution in [0.2, 0.25) is 0 Å². The van der Waals surface area contributed by atoms with Crippen LogP contribution < -0.4 is 5.56 Å². The van der Waals surface area contributed by atoms with Crippen molar-refractivity contribution in [3.05, 3.63) is 44.1 Å². The summed E-state index contributed by atoms with van der Waals surface area (Å²) in [6.07, 6.45) is 10.1. The predicted octanol–water partition coefficient (Wildman–Crippen LogP) is 2.60. The van der Waals surface area contributed by atoms with Crippen molar-refractivity contribution in [1.82, 2.24) is 19.6 Å². The quantitative estimate of drug-likeness (QED) is 0.765. The molecule has 0 bridgehead atoms. The maximum Gasteiger partial charge on any atom is 0.268 e. The van der Waals surface area contributed by atoms with Crippen LogP contribution in [0.15, 0.2) is 29.3 Å². The third-order valence-electron chi connectivity index (χ3n) is 3.76. The Balaban J connectivity index is 1.75. The van der Waals surface area contributed by atoms with E-state index in [0.29, 0.717) is 12.6 Å². The highest BCUT2D eigenvalue weighted by atomic mass is 127. The molecule has 2 aromatic rings. The van der Waals surface area contributed by atoms with Gasteiger partial charge in [-0.3, -0.25) is 9.48 Å². The molecule has 0 atom stereocenters. The second kappa shape index (κ2) is 6.07. The van der Waals surface area contributed by atoms with Gasteiger partial charge < -0.3 is 0 Å². The minimum Gasteiger partial charge on any atom is -0.269 e. The lowest BCUT2D eigenvalue weighted by Gasteiger charge is -2.21. The number of hydrogen-bond donors (Lipinski definition) is 0. The lowest BCUT2D eigenvalue weighted by Crippen LogP contribution is -2.23. The summed E-state index contributed by atoms with van der Waals surface area (Å²) in [5.74, 6) is 0. The van der Waals surface area contributed by atoms with E-state index in [4.69, 9.17) is 0 Å². The molecule has 2 aromatic heterocycles. The Hall–Kier alpha value is -1.18. The summed E-state index contributed by atoms with van der Waals surface area (Å²) in [7, 11) is 0. The van der Waals surface area contributed by atoms with Crippen molar-refractivity contribution in [3.8, 4) is 0 Å². The normalized spacial score (nSPS) is 16.4. The molecule has 6 heteroatoms. The highest BCUT2D eigenvalue weighted by molar-refractivity contribution is 14.1. The Morgan fingerprint density at radius 1 is 1.30 bits per heavy atom. The standard InChI is InChI=1S/C14H17IN4O/c15-11-8-14(20)19(16-9-11)10-12-6-7-18(17-12)13-4-2-1-3-5-13/h6-9,13H,1-5,10H2. The van der Waals surface area contributed by atoms with Crippen LogP contribution in [0.4, 0.5) is 0 Å². The molecule has 2 heterocycles. The molecule has 0 unspecified atom stereocenters. The van der Waals surface area contributed by atoms with Crippen molar-refractivity contribution in [2.24, 2.45) is 0 Å². The largest absolute Gasteiger partial charge is 0.269 e. The molecule has 3 rings (SSSR count). The van der Waals surface area contributed by atoms with Crippen molar-refractivity contribution in [2.75, 3.05) is 0 Å². The highest BCUT2D eigenvalue weighted by Gasteiger charge is 2.16. The third-order valence-corrected chi connectivity index (χ3v) is 4.35. The van der Waals surface area contributed by atoms with E-state index in [1.807, 2.05) is 12.3 Å². The summed E-state index contributed by atoms with van der Waals surface area (Å²) in [5.41, 5.74) is 0.815. The molecule has 0 aromatic carbocycles. The molecule has 1 fully saturated rings. The minimum atomic E-state index is -0.0795. The first-order chi connectivity index (χ1) is 9.72. The Bertz CT molecular complexity index is 643. The van der Waals surface area contributed by atoms with Crippen LogP contribution in [0.1, 0.15) is 43.8 Å². The zero-order chi connectivity index (χ0) is 13.9. The number of hydrogen-bond acceptors (Lipinski definition) is 3. The first kappa shape index (κ1) is 13.8. The molecule has 0 saturated heterocycles.